The van der Waals surface area contributed by atoms with Crippen molar-refractivity contribution in [2.45, 2.75) is 46.0 Å². The lowest BCUT2D eigenvalue weighted by Crippen LogP contribution is -2.08. The molecule has 0 amide bonds. The lowest BCUT2D eigenvalue weighted by Gasteiger charge is -2.22. The first-order valence-corrected chi connectivity index (χ1v) is 8.51. The summed E-state index contributed by atoms with van der Waals surface area (Å²) in [5, 5.41) is 0. The minimum absolute atomic E-state index is 0.0278. The van der Waals surface area contributed by atoms with Gasteiger partial charge in [0, 0.05) is 28.9 Å². The fourth-order valence-electron chi connectivity index (χ4n) is 3.25. The van der Waals surface area contributed by atoms with E-state index in [9.17, 15) is 0 Å². The summed E-state index contributed by atoms with van der Waals surface area (Å²) >= 11 is 0. The Balaban J connectivity index is 2.32. The number of imidazole rings is 1. The maximum atomic E-state index is 9.04. The van der Waals surface area contributed by atoms with Gasteiger partial charge in [0.15, 0.2) is 0 Å². The zero-order valence-corrected chi connectivity index (χ0v) is 14.7. The van der Waals surface area contributed by atoms with Crippen LogP contribution in [-0.4, -0.2) is 9.55 Å². The number of nitrogens with zero attached hydrogens (tertiary/aromatic N) is 2. The maximum Gasteiger partial charge on any atom is 0.145 e. The fourth-order valence-corrected chi connectivity index (χ4v) is 3.25. The number of hydrogen-bond donors (Lipinski definition) is 0. The largest absolute Gasteiger partial charge is 0.292 e. The van der Waals surface area contributed by atoms with Crippen LogP contribution in [0.15, 0.2) is 66.7 Å². The molecule has 3 aromatic carbocycles. The van der Waals surface area contributed by atoms with Gasteiger partial charge in [0.25, 0.3) is 0 Å². The van der Waals surface area contributed by atoms with E-state index in [1.807, 2.05) is 0 Å². The molecule has 2 nitrogen and oxygen atoms in total. The third kappa shape index (κ3) is 3.13. The van der Waals surface area contributed by atoms with E-state index < -0.39 is 62.9 Å². The first kappa shape index (κ1) is 7.18. The molecule has 0 fully saturated rings. The van der Waals surface area contributed by atoms with Crippen LogP contribution in [0.3, 0.4) is 0 Å². The predicted molar refractivity (Wildman–Crippen MR) is 119 cm³/mol. The van der Waals surface area contributed by atoms with Crippen molar-refractivity contribution in [3.8, 4) is 17.1 Å². The number of benzene rings is 3. The van der Waals surface area contributed by atoms with E-state index in [4.69, 9.17) is 23.3 Å². The molecule has 0 unspecified atom stereocenters. The molecule has 1 aromatic heterocycles. The summed E-state index contributed by atoms with van der Waals surface area (Å²) in [6, 6.07) is 14.5. The van der Waals surface area contributed by atoms with E-state index in [1.54, 1.807) is 12.1 Å². The molecule has 0 bridgehead atoms. The van der Waals surface area contributed by atoms with E-state index in [2.05, 4.69) is 4.98 Å². The Kier molecular flexibility index (Phi) is 1.87. The second-order valence-electron chi connectivity index (χ2n) is 6.29. The van der Waals surface area contributed by atoms with Crippen molar-refractivity contribution < 1.29 is 23.3 Å². The molecule has 0 spiro atoms. The van der Waals surface area contributed by atoms with Gasteiger partial charge >= 0.3 is 0 Å². The SMILES string of the molecule is [2H]C([2H])([2H])c1ccc(-c2nc3ccccc3n2-c2c(C([2H])(C([2H])([2H])[2H])C([2H])([2H])[2H])cccc2C([2H])(C([2H])([2H])[2H])C([2H])([2H])[2H])cc1. The highest BCUT2D eigenvalue weighted by atomic mass is 15.1. The first-order chi connectivity index (χ1) is 20.3. The highest BCUT2D eigenvalue weighted by Gasteiger charge is 2.21. The van der Waals surface area contributed by atoms with Gasteiger partial charge in [0.05, 0.1) is 16.7 Å². The summed E-state index contributed by atoms with van der Waals surface area (Å²) in [5.41, 5.74) is -1.66. The monoisotopic (exact) mass is 385 g/mol. The quantitative estimate of drug-likeness (QED) is 0.362. The molecule has 28 heavy (non-hydrogen) atoms. The summed E-state index contributed by atoms with van der Waals surface area (Å²) in [7, 11) is 0. The van der Waals surface area contributed by atoms with Crippen LogP contribution < -0.4 is 0 Å². The van der Waals surface area contributed by atoms with E-state index in [0.717, 1.165) is 22.8 Å². The third-order valence-corrected chi connectivity index (χ3v) is 4.50. The molecule has 2 heteroatoms. The molecular weight excluding hydrogens is 340 g/mol. The summed E-state index contributed by atoms with van der Waals surface area (Å²) in [5.74, 6) is -6.99. The molecule has 0 aliphatic rings. The zero-order valence-electron chi connectivity index (χ0n) is 31.7. The molecule has 0 radical (unpaired) electrons. The molecule has 0 saturated heterocycles. The van der Waals surface area contributed by atoms with Gasteiger partial charge in [-0.15, -0.1) is 0 Å². The second-order valence-corrected chi connectivity index (χ2v) is 6.29. The number of para-hydroxylation sites is 3. The second kappa shape index (κ2) is 7.27. The van der Waals surface area contributed by atoms with E-state index in [1.165, 1.54) is 36.4 Å². The van der Waals surface area contributed by atoms with Crippen molar-refractivity contribution in [1.82, 2.24) is 9.55 Å². The molecule has 4 rings (SSSR count). The number of hydrogen-bond acceptors (Lipinski definition) is 1. The van der Waals surface area contributed by atoms with Crippen LogP contribution >= 0.6 is 0 Å². The Morgan fingerprint density at radius 3 is 2.14 bits per heavy atom. The van der Waals surface area contributed by atoms with Gasteiger partial charge in [-0.1, -0.05) is 87.6 Å². The van der Waals surface area contributed by atoms with Crippen LogP contribution in [0.4, 0.5) is 0 Å². The Morgan fingerprint density at radius 2 is 1.50 bits per heavy atom. The normalized spacial score (nSPS) is 23.6. The third-order valence-electron chi connectivity index (χ3n) is 4.50. The average Bonchev–Trinajstić information content (AvgIpc) is 3.28. The van der Waals surface area contributed by atoms with Crippen LogP contribution in [0, 0.1) is 6.85 Å². The number of aryl methyl sites for hydroxylation is 1. The molecule has 0 atom stereocenters. The standard InChI is InChI=1S/C26H28N2/c1-17(2)21-9-8-10-22(18(3)4)25(21)28-24-12-7-6-11-23(24)27-26(28)20-15-13-19(5)14-16-20/h6-18H,1-5H3/i1D3,2D3,3D3,4D3,5D3,17D,18D. The van der Waals surface area contributed by atoms with Gasteiger partial charge in [0.2, 0.25) is 0 Å². The molecule has 142 valence electrons. The topological polar surface area (TPSA) is 17.8 Å². The predicted octanol–water partition coefficient (Wildman–Crippen LogP) is 7.25. The average molecular weight is 386 g/mol. The summed E-state index contributed by atoms with van der Waals surface area (Å²) in [6.07, 6.45) is 0. The molecule has 0 aliphatic heterocycles. The Labute approximate surface area is 191 Å². The van der Waals surface area contributed by atoms with Crippen molar-refractivity contribution in [2.75, 3.05) is 0 Å². The molecule has 1 heterocycles. The lowest BCUT2D eigenvalue weighted by atomic mass is 9.92. The Morgan fingerprint density at radius 1 is 0.821 bits per heavy atom. The summed E-state index contributed by atoms with van der Waals surface area (Å²) in [6.45, 7) is -16.8. The van der Waals surface area contributed by atoms with E-state index in [-0.39, 0.29) is 28.0 Å². The van der Waals surface area contributed by atoms with Gasteiger partial charge in [-0.25, -0.2) is 4.98 Å². The summed E-state index contributed by atoms with van der Waals surface area (Å²) in [4.78, 5) is 4.58. The van der Waals surface area contributed by atoms with Gasteiger partial charge in [-0.3, -0.25) is 4.57 Å². The molecule has 0 aliphatic carbocycles. The molecule has 0 saturated carbocycles. The Hall–Kier alpha value is -2.87. The lowest BCUT2D eigenvalue weighted by molar-refractivity contribution is 0.811. The Bertz CT molecular complexity index is 1620. The van der Waals surface area contributed by atoms with Crippen molar-refractivity contribution in [1.29, 1.82) is 0 Å². The zero-order chi connectivity index (χ0) is 34.2. The van der Waals surface area contributed by atoms with Gasteiger partial charge < -0.3 is 0 Å². The molecule has 0 N–H and O–H groups in total. The molecular formula is C26H28N2. The van der Waals surface area contributed by atoms with Crippen LogP contribution in [0.1, 0.15) is 79.2 Å². The van der Waals surface area contributed by atoms with Crippen LogP contribution in [0.25, 0.3) is 28.1 Å². The smallest absolute Gasteiger partial charge is 0.145 e. The number of rotatable bonds is 4. The number of aromatic nitrogens is 2. The van der Waals surface area contributed by atoms with Crippen molar-refractivity contribution in [3.05, 3.63) is 83.4 Å². The van der Waals surface area contributed by atoms with E-state index >= 15 is 0 Å². The van der Waals surface area contributed by atoms with Gasteiger partial charge in [-0.05, 0) is 41.9 Å². The minimum Gasteiger partial charge on any atom is -0.292 e. The van der Waals surface area contributed by atoms with Crippen LogP contribution in [0.2, 0.25) is 0 Å². The highest BCUT2D eigenvalue weighted by Crippen LogP contribution is 2.37. The first-order valence-electron chi connectivity index (χ1n) is 17.0. The van der Waals surface area contributed by atoms with Gasteiger partial charge in [-0.2, -0.15) is 0 Å². The highest BCUT2D eigenvalue weighted by molar-refractivity contribution is 5.84. The summed E-state index contributed by atoms with van der Waals surface area (Å²) < 4.78 is 140. The van der Waals surface area contributed by atoms with E-state index in [0.29, 0.717) is 0 Å². The minimum atomic E-state index is -3.58. The van der Waals surface area contributed by atoms with Crippen molar-refractivity contribution in [3.63, 3.8) is 0 Å². The van der Waals surface area contributed by atoms with Crippen LogP contribution in [0.5, 0.6) is 0 Å². The van der Waals surface area contributed by atoms with Crippen molar-refractivity contribution >= 4 is 11.0 Å². The molecule has 4 aromatic rings. The fraction of sp³-hybridized carbons (Fsp3) is 0.269. The van der Waals surface area contributed by atoms with Gasteiger partial charge in [0.1, 0.15) is 5.82 Å². The maximum absolute atomic E-state index is 9.04. The number of fused-ring (bicyclic) bond motifs is 1. The van der Waals surface area contributed by atoms with Crippen molar-refractivity contribution in [2.24, 2.45) is 0 Å². The van der Waals surface area contributed by atoms with Crippen LogP contribution in [-0.2, 0) is 0 Å².